The largest absolute Gasteiger partial charge is 0.467 e. The lowest BCUT2D eigenvalue weighted by Crippen LogP contribution is -2.25. The van der Waals surface area contributed by atoms with Gasteiger partial charge < -0.3 is 28.4 Å². The smallest absolute Gasteiger partial charge is 0.331 e. The quantitative estimate of drug-likeness (QED) is 0.0971. The van der Waals surface area contributed by atoms with E-state index in [1.165, 1.54) is 97.7 Å². The van der Waals surface area contributed by atoms with Crippen LogP contribution in [0, 0.1) is 0 Å². The van der Waals surface area contributed by atoms with E-state index < -0.39 is 5.97 Å². The molecule has 0 rings (SSSR count). The van der Waals surface area contributed by atoms with E-state index in [0.29, 0.717) is 33.0 Å². The molecule has 0 aromatic rings. The average Bonchev–Trinajstić information content (AvgIpc) is 2.89. The molecule has 36 heavy (non-hydrogen) atoms. The van der Waals surface area contributed by atoms with E-state index >= 15 is 0 Å². The lowest BCUT2D eigenvalue weighted by molar-refractivity contribution is -0.150. The van der Waals surface area contributed by atoms with E-state index in [-0.39, 0.29) is 25.3 Å². The SMILES string of the molecule is CCCCCCCCCCCCCCCCC(COCCOCCOCC(=O)OC)OCC(=O)OC. The zero-order valence-corrected chi connectivity index (χ0v) is 23.4. The number of carbonyl (C=O) groups is 2. The Morgan fingerprint density at radius 1 is 0.556 bits per heavy atom. The number of hydrogen-bond donors (Lipinski definition) is 0. The molecule has 0 N–H and O–H groups in total. The van der Waals surface area contributed by atoms with Gasteiger partial charge in [0.05, 0.1) is 53.4 Å². The highest BCUT2D eigenvalue weighted by atomic mass is 16.6. The van der Waals surface area contributed by atoms with E-state index in [9.17, 15) is 9.59 Å². The van der Waals surface area contributed by atoms with Gasteiger partial charge in [-0.1, -0.05) is 96.8 Å². The number of rotatable bonds is 28. The minimum atomic E-state index is -0.407. The van der Waals surface area contributed by atoms with Gasteiger partial charge >= 0.3 is 11.9 Å². The summed E-state index contributed by atoms with van der Waals surface area (Å²) < 4.78 is 31.1. The standard InChI is InChI=1S/C28H54O8/c1-4-5-6-7-8-9-10-11-12-13-14-15-16-17-18-26(36-25-28(30)32-3)23-34-21-19-33-20-22-35-24-27(29)31-2/h26H,4-25H2,1-3H3. The maximum Gasteiger partial charge on any atom is 0.331 e. The summed E-state index contributed by atoms with van der Waals surface area (Å²) in [5, 5.41) is 0. The van der Waals surface area contributed by atoms with Crippen molar-refractivity contribution in [2.24, 2.45) is 0 Å². The van der Waals surface area contributed by atoms with E-state index in [1.807, 2.05) is 0 Å². The van der Waals surface area contributed by atoms with Crippen molar-refractivity contribution in [3.8, 4) is 0 Å². The number of unbranched alkanes of at least 4 members (excludes halogenated alkanes) is 13. The summed E-state index contributed by atoms with van der Waals surface area (Å²) in [5.41, 5.74) is 0. The minimum Gasteiger partial charge on any atom is -0.467 e. The molecule has 0 aliphatic heterocycles. The third kappa shape index (κ3) is 25.9. The Hall–Kier alpha value is -1.22. The Balaban J connectivity index is 3.72. The van der Waals surface area contributed by atoms with Gasteiger partial charge in [0.25, 0.3) is 0 Å². The predicted octanol–water partition coefficient (Wildman–Crippen LogP) is 5.64. The second-order valence-electron chi connectivity index (χ2n) is 9.21. The van der Waals surface area contributed by atoms with Crippen LogP contribution in [0.25, 0.3) is 0 Å². The van der Waals surface area contributed by atoms with Gasteiger partial charge in [-0.15, -0.1) is 0 Å². The third-order valence-corrected chi connectivity index (χ3v) is 6.04. The number of ether oxygens (including phenoxy) is 6. The van der Waals surface area contributed by atoms with Crippen LogP contribution in [0.3, 0.4) is 0 Å². The molecule has 0 aromatic carbocycles. The maximum atomic E-state index is 11.4. The van der Waals surface area contributed by atoms with Crippen LogP contribution in [0.15, 0.2) is 0 Å². The van der Waals surface area contributed by atoms with E-state index in [0.717, 1.165) is 12.8 Å². The van der Waals surface area contributed by atoms with Crippen LogP contribution in [-0.2, 0) is 38.0 Å². The van der Waals surface area contributed by atoms with E-state index in [4.69, 9.17) is 18.9 Å². The fourth-order valence-corrected chi connectivity index (χ4v) is 3.79. The molecule has 0 spiro atoms. The molecular formula is C28H54O8. The Morgan fingerprint density at radius 2 is 1.00 bits per heavy atom. The Labute approximate surface area is 220 Å². The van der Waals surface area contributed by atoms with Crippen LogP contribution >= 0.6 is 0 Å². The first-order chi connectivity index (χ1) is 17.6. The first-order valence-electron chi connectivity index (χ1n) is 14.1. The molecule has 0 aliphatic rings. The fourth-order valence-electron chi connectivity index (χ4n) is 3.79. The summed E-state index contributed by atoms with van der Waals surface area (Å²) in [7, 11) is 2.68. The second kappa shape index (κ2) is 28.4. The maximum absolute atomic E-state index is 11.4. The molecule has 8 heteroatoms. The average molecular weight is 519 g/mol. The zero-order chi connectivity index (χ0) is 26.5. The number of methoxy groups -OCH3 is 2. The highest BCUT2D eigenvalue weighted by molar-refractivity contribution is 5.70. The van der Waals surface area contributed by atoms with Gasteiger partial charge in [0.1, 0.15) is 13.2 Å². The number of carbonyl (C=O) groups excluding carboxylic acids is 2. The first kappa shape index (κ1) is 34.8. The van der Waals surface area contributed by atoms with Gasteiger partial charge in [-0.25, -0.2) is 9.59 Å². The van der Waals surface area contributed by atoms with Crippen LogP contribution in [-0.4, -0.2) is 78.5 Å². The molecule has 8 nitrogen and oxygen atoms in total. The summed E-state index contributed by atoms with van der Waals surface area (Å²) in [6.45, 7) is 4.09. The Kier molecular flexibility index (Phi) is 27.4. The van der Waals surface area contributed by atoms with Crippen LogP contribution in [0.2, 0.25) is 0 Å². The van der Waals surface area contributed by atoms with Crippen molar-refractivity contribution in [1.29, 1.82) is 0 Å². The van der Waals surface area contributed by atoms with Crippen LogP contribution in [0.5, 0.6) is 0 Å². The number of hydrogen-bond acceptors (Lipinski definition) is 8. The van der Waals surface area contributed by atoms with Crippen molar-refractivity contribution in [2.75, 3.05) is 60.5 Å². The molecule has 0 amide bonds. The summed E-state index contributed by atoms with van der Waals surface area (Å²) in [4.78, 5) is 22.4. The third-order valence-electron chi connectivity index (χ3n) is 6.04. The van der Waals surface area contributed by atoms with Crippen molar-refractivity contribution in [1.82, 2.24) is 0 Å². The molecule has 0 aromatic heterocycles. The molecule has 0 radical (unpaired) electrons. The fraction of sp³-hybridized carbons (Fsp3) is 0.929. The summed E-state index contributed by atoms with van der Waals surface area (Å²) in [6, 6.07) is 0. The normalized spacial score (nSPS) is 12.0. The number of esters is 2. The highest BCUT2D eigenvalue weighted by Gasteiger charge is 2.12. The van der Waals surface area contributed by atoms with Gasteiger partial charge in [-0.3, -0.25) is 0 Å². The monoisotopic (exact) mass is 518 g/mol. The van der Waals surface area contributed by atoms with Gasteiger partial charge in [-0.2, -0.15) is 0 Å². The van der Waals surface area contributed by atoms with Gasteiger partial charge in [0.2, 0.25) is 0 Å². The summed E-state index contributed by atoms with van der Waals surface area (Å²) in [5.74, 6) is -0.786. The van der Waals surface area contributed by atoms with Gasteiger partial charge in [0.15, 0.2) is 0 Å². The van der Waals surface area contributed by atoms with Crippen LogP contribution < -0.4 is 0 Å². The lowest BCUT2D eigenvalue weighted by atomic mass is 10.0. The van der Waals surface area contributed by atoms with E-state index in [2.05, 4.69) is 16.4 Å². The van der Waals surface area contributed by atoms with Gasteiger partial charge in [-0.05, 0) is 6.42 Å². The molecule has 0 heterocycles. The molecule has 214 valence electrons. The lowest BCUT2D eigenvalue weighted by Gasteiger charge is -2.17. The highest BCUT2D eigenvalue weighted by Crippen LogP contribution is 2.14. The second-order valence-corrected chi connectivity index (χ2v) is 9.21. The minimum absolute atomic E-state index is 0.0584. The van der Waals surface area contributed by atoms with Crippen molar-refractivity contribution in [3.63, 3.8) is 0 Å². The molecule has 0 fully saturated rings. The molecular weight excluding hydrogens is 464 g/mol. The Bertz CT molecular complexity index is 486. The zero-order valence-electron chi connectivity index (χ0n) is 23.4. The van der Waals surface area contributed by atoms with Gasteiger partial charge in [0, 0.05) is 0 Å². The molecule has 0 aliphatic carbocycles. The summed E-state index contributed by atoms with van der Waals surface area (Å²) in [6.07, 6.45) is 19.3. The van der Waals surface area contributed by atoms with Crippen molar-refractivity contribution < 1.29 is 38.0 Å². The van der Waals surface area contributed by atoms with Crippen molar-refractivity contribution >= 4 is 11.9 Å². The van der Waals surface area contributed by atoms with Crippen LogP contribution in [0.4, 0.5) is 0 Å². The topological polar surface area (TPSA) is 89.5 Å². The molecule has 0 bridgehead atoms. The Morgan fingerprint density at radius 3 is 1.53 bits per heavy atom. The van der Waals surface area contributed by atoms with Crippen molar-refractivity contribution in [2.45, 2.75) is 109 Å². The molecule has 1 unspecified atom stereocenters. The van der Waals surface area contributed by atoms with E-state index in [1.54, 1.807) is 0 Å². The van der Waals surface area contributed by atoms with Crippen molar-refractivity contribution in [3.05, 3.63) is 0 Å². The molecule has 0 saturated heterocycles. The first-order valence-corrected chi connectivity index (χ1v) is 14.1. The van der Waals surface area contributed by atoms with Crippen LogP contribution in [0.1, 0.15) is 103 Å². The molecule has 1 atom stereocenters. The summed E-state index contributed by atoms with van der Waals surface area (Å²) >= 11 is 0. The predicted molar refractivity (Wildman–Crippen MR) is 141 cm³/mol. The molecule has 0 saturated carbocycles.